The molecule has 0 aliphatic rings. The Morgan fingerprint density at radius 1 is 0.460 bits per heavy atom. The Labute approximate surface area is 299 Å². The summed E-state index contributed by atoms with van der Waals surface area (Å²) in [5.74, 6) is 0.690. The second-order valence-electron chi connectivity index (χ2n) is 11.8. The van der Waals surface area contributed by atoms with E-state index in [1.807, 2.05) is 97.1 Å². The van der Waals surface area contributed by atoms with Gasteiger partial charge in [0.05, 0.1) is 27.7 Å². The molecule has 0 aliphatic carbocycles. The molecule has 0 saturated carbocycles. The maximum Gasteiger partial charge on any atom is 0.166 e. The molecule has 5 nitrogen and oxygen atoms in total. The maximum atomic E-state index is 10.1. The predicted octanol–water partition coefficient (Wildman–Crippen LogP) is 11.5. The van der Waals surface area contributed by atoms with E-state index in [-0.39, 0.29) is 92.8 Å². The normalized spacial score (nSPS) is 13.8. The summed E-state index contributed by atoms with van der Waals surface area (Å²) in [6, 6.07) is 34.2. The van der Waals surface area contributed by atoms with Gasteiger partial charge in [0.15, 0.2) is 17.5 Å². The van der Waals surface area contributed by atoms with Gasteiger partial charge < -0.3 is 8.98 Å². The summed E-state index contributed by atoms with van der Waals surface area (Å²) in [7, 11) is 0. The highest BCUT2D eigenvalue weighted by molar-refractivity contribution is 6.11. The largest absolute Gasteiger partial charge is 0.455 e. The van der Waals surface area contributed by atoms with Gasteiger partial charge in [-0.3, -0.25) is 0 Å². The highest BCUT2D eigenvalue weighted by atomic mass is 16.3. The zero-order chi connectivity index (χ0) is 40.0. The van der Waals surface area contributed by atoms with Gasteiger partial charge in [-0.2, -0.15) is 0 Å². The number of hydrogen-bond acceptors (Lipinski definition) is 4. The fourth-order valence-corrected chi connectivity index (χ4v) is 6.55. The molecule has 3 aromatic heterocycles. The molecule has 0 bridgehead atoms. The van der Waals surface area contributed by atoms with Crippen molar-refractivity contribution in [3.05, 3.63) is 170 Å². The third-order valence-corrected chi connectivity index (χ3v) is 8.82. The van der Waals surface area contributed by atoms with E-state index in [0.717, 1.165) is 10.8 Å². The van der Waals surface area contributed by atoms with Crippen LogP contribution >= 0.6 is 0 Å². The van der Waals surface area contributed by atoms with Crippen molar-refractivity contribution in [1.82, 2.24) is 19.5 Å². The Morgan fingerprint density at radius 3 is 1.74 bits per heavy atom. The Hall–Kier alpha value is -6.85. The monoisotopic (exact) mass is 648 g/mol. The molecule has 0 N–H and O–H groups in total. The fraction of sp³-hybridized carbons (Fsp3) is 0. The van der Waals surface area contributed by atoms with Crippen LogP contribution in [0.15, 0.2) is 174 Å². The molecular formula is C45H28N4O. The van der Waals surface area contributed by atoms with Crippen molar-refractivity contribution in [3.8, 4) is 51.0 Å². The van der Waals surface area contributed by atoms with Gasteiger partial charge in [-0.15, -0.1) is 0 Å². The molecule has 0 radical (unpaired) electrons. The first kappa shape index (κ1) is 21.2. The fourth-order valence-electron chi connectivity index (χ4n) is 6.55. The van der Waals surface area contributed by atoms with Gasteiger partial charge in [0.1, 0.15) is 11.2 Å². The molecule has 10 rings (SSSR count). The minimum absolute atomic E-state index is 0.0471. The first-order valence-electron chi connectivity index (χ1n) is 20.0. The summed E-state index contributed by atoms with van der Waals surface area (Å²) in [6.45, 7) is 0. The lowest BCUT2D eigenvalue weighted by Gasteiger charge is -2.16. The smallest absolute Gasteiger partial charge is 0.166 e. The topological polar surface area (TPSA) is 56.7 Å². The molecule has 50 heavy (non-hydrogen) atoms. The van der Waals surface area contributed by atoms with Crippen molar-refractivity contribution in [2.75, 3.05) is 0 Å². The molecule has 10 aromatic rings. The molecule has 234 valence electrons. The SMILES string of the molecule is [2H]c1cc(-n2c3c([2H])cc([2H])c([2H])c3c3c([2H])c([2H])cc([2H])c32)c(-c2nc(-c3ccccc3)nc(-c3ccccc3)n2)c([2H])c1-c1cccc2c1oc1ccccc12. The van der Waals surface area contributed by atoms with Crippen LogP contribution in [0.1, 0.15) is 11.0 Å². The van der Waals surface area contributed by atoms with Crippen LogP contribution in [0.3, 0.4) is 0 Å². The van der Waals surface area contributed by atoms with Crippen molar-refractivity contribution in [2.24, 2.45) is 0 Å². The second kappa shape index (κ2) is 11.4. The van der Waals surface area contributed by atoms with Gasteiger partial charge in [0, 0.05) is 43.8 Å². The van der Waals surface area contributed by atoms with Crippen molar-refractivity contribution in [1.29, 1.82) is 0 Å². The molecule has 3 heterocycles. The molecule has 0 aliphatic heterocycles. The van der Waals surface area contributed by atoms with Crippen molar-refractivity contribution in [3.63, 3.8) is 0 Å². The minimum atomic E-state index is -0.280. The molecule has 0 amide bonds. The van der Waals surface area contributed by atoms with E-state index in [1.165, 1.54) is 22.8 Å². The first-order valence-corrected chi connectivity index (χ1v) is 16.0. The number of aromatic nitrogens is 4. The van der Waals surface area contributed by atoms with Gasteiger partial charge in [0.25, 0.3) is 0 Å². The summed E-state index contributed by atoms with van der Waals surface area (Å²) in [5, 5.41) is 1.78. The number of hydrogen-bond donors (Lipinski definition) is 0. The predicted molar refractivity (Wildman–Crippen MR) is 203 cm³/mol. The lowest BCUT2D eigenvalue weighted by atomic mass is 9.98. The van der Waals surface area contributed by atoms with E-state index >= 15 is 0 Å². The zero-order valence-corrected chi connectivity index (χ0v) is 26.2. The standard InChI is InChI=1S/C45H28N4O/c1-3-14-29(15-4-1)43-46-44(30-16-5-2-6-17-30)48-45(47-43)37-28-31(32-21-13-22-36-35-20-9-12-25-41(35)50-42(32)36)26-27-40(37)49-38-23-10-7-18-33(38)34-19-8-11-24-39(34)49/h1-28H/i7D,8D,18D,19D,23D,24D,26D,28D. The lowest BCUT2D eigenvalue weighted by molar-refractivity contribution is 0.670. The Kier molecular flexibility index (Phi) is 4.83. The van der Waals surface area contributed by atoms with Crippen LogP contribution in [-0.2, 0) is 0 Å². The van der Waals surface area contributed by atoms with E-state index in [9.17, 15) is 5.48 Å². The van der Waals surface area contributed by atoms with Crippen molar-refractivity contribution >= 4 is 43.7 Å². The Balaban J connectivity index is 1.40. The quantitative estimate of drug-likeness (QED) is 0.186. The van der Waals surface area contributed by atoms with Crippen molar-refractivity contribution in [2.45, 2.75) is 0 Å². The summed E-state index contributed by atoms with van der Waals surface area (Å²) in [5.41, 5.74) is 3.62. The van der Waals surface area contributed by atoms with E-state index in [4.69, 9.17) is 24.9 Å². The van der Waals surface area contributed by atoms with Gasteiger partial charge in [-0.05, 0) is 35.8 Å². The number of para-hydroxylation sites is 4. The van der Waals surface area contributed by atoms with Gasteiger partial charge in [0.2, 0.25) is 0 Å². The Bertz CT molecular complexity index is 3200. The summed E-state index contributed by atoms with van der Waals surface area (Å²) in [6.07, 6.45) is 0. The van der Waals surface area contributed by atoms with Crippen LogP contribution in [0.2, 0.25) is 0 Å². The van der Waals surface area contributed by atoms with Gasteiger partial charge in [-0.1, -0.05) is 139 Å². The van der Waals surface area contributed by atoms with Crippen LogP contribution in [-0.4, -0.2) is 19.5 Å². The van der Waals surface area contributed by atoms with E-state index in [0.29, 0.717) is 39.5 Å². The molecule has 0 unspecified atom stereocenters. The zero-order valence-electron chi connectivity index (χ0n) is 34.2. The molecule has 0 saturated heterocycles. The highest BCUT2D eigenvalue weighted by Crippen LogP contribution is 2.41. The summed E-state index contributed by atoms with van der Waals surface area (Å²) in [4.78, 5) is 14.8. The molecule has 0 spiro atoms. The first-order chi connectivity index (χ1) is 28.1. The Morgan fingerprint density at radius 2 is 1.06 bits per heavy atom. The summed E-state index contributed by atoms with van der Waals surface area (Å²) < 4.78 is 81.1. The maximum absolute atomic E-state index is 10.1. The van der Waals surface area contributed by atoms with Gasteiger partial charge in [-0.25, -0.2) is 15.0 Å². The lowest BCUT2D eigenvalue weighted by Crippen LogP contribution is -2.04. The highest BCUT2D eigenvalue weighted by Gasteiger charge is 2.21. The van der Waals surface area contributed by atoms with Crippen LogP contribution in [0.5, 0.6) is 0 Å². The van der Waals surface area contributed by atoms with E-state index in [2.05, 4.69) is 0 Å². The second-order valence-corrected chi connectivity index (χ2v) is 11.8. The number of nitrogens with zero attached hydrogens (tertiary/aromatic N) is 4. The van der Waals surface area contributed by atoms with Crippen LogP contribution in [0, 0.1) is 0 Å². The minimum Gasteiger partial charge on any atom is -0.455 e. The third kappa shape index (κ3) is 4.52. The van der Waals surface area contributed by atoms with E-state index in [1.54, 1.807) is 6.07 Å². The van der Waals surface area contributed by atoms with Crippen LogP contribution in [0.25, 0.3) is 94.7 Å². The number of rotatable bonds is 5. The van der Waals surface area contributed by atoms with E-state index < -0.39 is 0 Å². The third-order valence-electron chi connectivity index (χ3n) is 8.82. The van der Waals surface area contributed by atoms with Crippen LogP contribution in [0.4, 0.5) is 0 Å². The number of furan rings is 1. The van der Waals surface area contributed by atoms with Gasteiger partial charge >= 0.3 is 0 Å². The molecule has 0 fully saturated rings. The number of fused-ring (bicyclic) bond motifs is 6. The molecule has 5 heteroatoms. The molecule has 0 atom stereocenters. The molecular weight excluding hydrogens is 613 g/mol. The van der Waals surface area contributed by atoms with Crippen LogP contribution < -0.4 is 0 Å². The average Bonchev–Trinajstić information content (AvgIpc) is 3.81. The molecule has 7 aromatic carbocycles. The number of benzene rings is 7. The van der Waals surface area contributed by atoms with Crippen molar-refractivity contribution < 1.29 is 15.4 Å². The summed E-state index contributed by atoms with van der Waals surface area (Å²) >= 11 is 0. The average molecular weight is 649 g/mol.